The summed E-state index contributed by atoms with van der Waals surface area (Å²) in [5, 5.41) is 4.86. The van der Waals surface area contributed by atoms with Crippen molar-refractivity contribution in [3.63, 3.8) is 0 Å². The Kier molecular flexibility index (Phi) is 5.50. The van der Waals surface area contributed by atoms with Crippen molar-refractivity contribution in [1.29, 1.82) is 0 Å². The first-order chi connectivity index (χ1) is 21.8. The van der Waals surface area contributed by atoms with E-state index in [1.54, 1.807) is 0 Å². The first kappa shape index (κ1) is 24.6. The Hall–Kier alpha value is -5.93. The van der Waals surface area contributed by atoms with Crippen molar-refractivity contribution in [2.24, 2.45) is 0 Å². The predicted molar refractivity (Wildman–Crippen MR) is 184 cm³/mol. The summed E-state index contributed by atoms with van der Waals surface area (Å²) in [7, 11) is 0. The summed E-state index contributed by atoms with van der Waals surface area (Å²) in [6.45, 7) is 0. The van der Waals surface area contributed by atoms with Crippen LogP contribution in [-0.4, -0.2) is 14.1 Å². The molecule has 206 valence electrons. The van der Waals surface area contributed by atoms with E-state index in [2.05, 4.69) is 166 Å². The highest BCUT2D eigenvalue weighted by Gasteiger charge is 2.17. The van der Waals surface area contributed by atoms with Crippen molar-refractivity contribution < 1.29 is 0 Å². The smallest absolute Gasteiger partial charge is 0.0571 e. The van der Waals surface area contributed by atoms with E-state index >= 15 is 0 Å². The van der Waals surface area contributed by atoms with Gasteiger partial charge in [0.05, 0.1) is 22.1 Å². The molecular formula is C41H27N3. The molecule has 0 bridgehead atoms. The van der Waals surface area contributed by atoms with Gasteiger partial charge in [-0.15, -0.1) is 0 Å². The van der Waals surface area contributed by atoms with Crippen molar-refractivity contribution >= 4 is 43.6 Å². The largest absolute Gasteiger partial charge is 0.309 e. The zero-order chi connectivity index (χ0) is 29.0. The van der Waals surface area contributed by atoms with Crippen LogP contribution in [0.2, 0.25) is 0 Å². The van der Waals surface area contributed by atoms with Crippen LogP contribution in [0.15, 0.2) is 164 Å². The Balaban J connectivity index is 1.37. The van der Waals surface area contributed by atoms with Gasteiger partial charge >= 0.3 is 0 Å². The second kappa shape index (κ2) is 9.82. The minimum absolute atomic E-state index is 1.11. The highest BCUT2D eigenvalue weighted by atomic mass is 15.0. The summed E-state index contributed by atoms with van der Waals surface area (Å²) in [4.78, 5) is 4.48. The minimum atomic E-state index is 1.11. The summed E-state index contributed by atoms with van der Waals surface area (Å²) in [6, 6.07) is 54.6. The SMILES string of the molecule is c1ccc(-c2cccc(-c3cc(-n4c5ccccc5c5ccccc54)cc(-n4c5ccccc5c5cnccc54)c3)c2)cc1. The molecule has 0 amide bonds. The van der Waals surface area contributed by atoms with Gasteiger partial charge < -0.3 is 9.13 Å². The lowest BCUT2D eigenvalue weighted by atomic mass is 9.98. The van der Waals surface area contributed by atoms with Gasteiger partial charge in [0.15, 0.2) is 0 Å². The molecule has 3 heteroatoms. The van der Waals surface area contributed by atoms with E-state index in [0.717, 1.165) is 27.8 Å². The number of hydrogen-bond acceptors (Lipinski definition) is 1. The molecule has 6 aromatic carbocycles. The van der Waals surface area contributed by atoms with E-state index in [1.165, 1.54) is 49.4 Å². The first-order valence-corrected chi connectivity index (χ1v) is 15.0. The van der Waals surface area contributed by atoms with E-state index in [9.17, 15) is 0 Å². The van der Waals surface area contributed by atoms with Crippen LogP contribution in [0.4, 0.5) is 0 Å². The number of para-hydroxylation sites is 3. The van der Waals surface area contributed by atoms with Crippen molar-refractivity contribution in [2.75, 3.05) is 0 Å². The normalized spacial score (nSPS) is 11.6. The van der Waals surface area contributed by atoms with Crippen molar-refractivity contribution in [2.45, 2.75) is 0 Å². The van der Waals surface area contributed by atoms with E-state index in [1.807, 2.05) is 12.4 Å². The molecule has 0 aliphatic carbocycles. The Labute approximate surface area is 254 Å². The van der Waals surface area contributed by atoms with E-state index in [-0.39, 0.29) is 0 Å². The van der Waals surface area contributed by atoms with Crippen LogP contribution in [0.25, 0.3) is 77.2 Å². The molecule has 9 rings (SSSR count). The van der Waals surface area contributed by atoms with Crippen LogP contribution in [0.5, 0.6) is 0 Å². The molecule has 3 aromatic heterocycles. The number of rotatable bonds is 4. The fourth-order valence-corrected chi connectivity index (χ4v) is 6.82. The Bertz CT molecular complexity index is 2260. The molecule has 0 N–H and O–H groups in total. The topological polar surface area (TPSA) is 22.8 Å². The van der Waals surface area contributed by atoms with Crippen LogP contribution in [0, 0.1) is 0 Å². The molecule has 0 unspecified atom stereocenters. The van der Waals surface area contributed by atoms with Gasteiger partial charge in [0, 0.05) is 45.3 Å². The van der Waals surface area contributed by atoms with Gasteiger partial charge in [-0.2, -0.15) is 0 Å². The average molecular weight is 562 g/mol. The number of aromatic nitrogens is 3. The van der Waals surface area contributed by atoms with Crippen molar-refractivity contribution in [3.05, 3.63) is 164 Å². The van der Waals surface area contributed by atoms with Gasteiger partial charge in [-0.25, -0.2) is 0 Å². The molecule has 0 saturated heterocycles. The fraction of sp³-hybridized carbons (Fsp3) is 0. The molecular weight excluding hydrogens is 534 g/mol. The Morgan fingerprint density at radius 3 is 1.43 bits per heavy atom. The predicted octanol–water partition coefficient (Wildman–Crippen LogP) is 10.6. The molecule has 0 atom stereocenters. The lowest BCUT2D eigenvalue weighted by molar-refractivity contribution is 1.13. The zero-order valence-corrected chi connectivity index (χ0v) is 23.9. The summed E-state index contributed by atoms with van der Waals surface area (Å²) >= 11 is 0. The molecule has 0 fully saturated rings. The maximum absolute atomic E-state index is 4.48. The number of pyridine rings is 1. The lowest BCUT2D eigenvalue weighted by Crippen LogP contribution is -2.00. The van der Waals surface area contributed by atoms with Gasteiger partial charge in [0.25, 0.3) is 0 Å². The summed E-state index contributed by atoms with van der Waals surface area (Å²) in [6.07, 6.45) is 3.87. The lowest BCUT2D eigenvalue weighted by Gasteiger charge is -2.16. The quantitative estimate of drug-likeness (QED) is 0.210. The molecule has 0 aliphatic heterocycles. The highest BCUT2D eigenvalue weighted by Crippen LogP contribution is 2.38. The van der Waals surface area contributed by atoms with E-state index in [0.29, 0.717) is 0 Å². The Morgan fingerprint density at radius 2 is 0.818 bits per heavy atom. The molecule has 0 aliphatic rings. The van der Waals surface area contributed by atoms with Crippen LogP contribution in [0.1, 0.15) is 0 Å². The molecule has 3 nitrogen and oxygen atoms in total. The van der Waals surface area contributed by atoms with Crippen molar-refractivity contribution in [1.82, 2.24) is 14.1 Å². The molecule has 44 heavy (non-hydrogen) atoms. The van der Waals surface area contributed by atoms with Gasteiger partial charge in [-0.3, -0.25) is 4.98 Å². The fourth-order valence-electron chi connectivity index (χ4n) is 6.82. The van der Waals surface area contributed by atoms with Crippen LogP contribution >= 0.6 is 0 Å². The maximum atomic E-state index is 4.48. The molecule has 0 spiro atoms. The molecule has 0 saturated carbocycles. The summed E-state index contributed by atoms with van der Waals surface area (Å²) < 4.78 is 4.79. The van der Waals surface area contributed by atoms with Crippen molar-refractivity contribution in [3.8, 4) is 33.6 Å². The Morgan fingerprint density at radius 1 is 0.341 bits per heavy atom. The standard InChI is InChI=1S/C41H27N3/c1-2-11-28(12-3-1)29-13-10-14-30(23-29)31-24-32(43-38-18-7-4-15-34(38)35-16-5-8-19-39(35)43)26-33(25-31)44-40-20-9-6-17-36(40)37-27-42-22-21-41(37)44/h1-27H. The average Bonchev–Trinajstić information content (AvgIpc) is 3.62. The van der Waals surface area contributed by atoms with E-state index < -0.39 is 0 Å². The van der Waals surface area contributed by atoms with Crippen LogP contribution < -0.4 is 0 Å². The minimum Gasteiger partial charge on any atom is -0.309 e. The van der Waals surface area contributed by atoms with Gasteiger partial charge in [0.1, 0.15) is 0 Å². The first-order valence-electron chi connectivity index (χ1n) is 15.0. The third-order valence-electron chi connectivity index (χ3n) is 8.78. The number of fused-ring (bicyclic) bond motifs is 6. The molecule has 9 aromatic rings. The molecule has 3 heterocycles. The number of nitrogens with zero attached hydrogens (tertiary/aromatic N) is 3. The highest BCUT2D eigenvalue weighted by molar-refractivity contribution is 6.10. The van der Waals surface area contributed by atoms with Crippen LogP contribution in [-0.2, 0) is 0 Å². The summed E-state index contributed by atoms with van der Waals surface area (Å²) in [5.41, 5.74) is 11.7. The van der Waals surface area contributed by atoms with Gasteiger partial charge in [-0.05, 0) is 70.8 Å². The summed E-state index contributed by atoms with van der Waals surface area (Å²) in [5.74, 6) is 0. The second-order valence-corrected chi connectivity index (χ2v) is 11.3. The van der Waals surface area contributed by atoms with Gasteiger partial charge in [0.2, 0.25) is 0 Å². The monoisotopic (exact) mass is 561 g/mol. The molecule has 0 radical (unpaired) electrons. The second-order valence-electron chi connectivity index (χ2n) is 11.3. The van der Waals surface area contributed by atoms with Gasteiger partial charge in [-0.1, -0.05) is 103 Å². The van der Waals surface area contributed by atoms with Crippen LogP contribution in [0.3, 0.4) is 0 Å². The third kappa shape index (κ3) is 3.80. The number of hydrogen-bond donors (Lipinski definition) is 0. The third-order valence-corrected chi connectivity index (χ3v) is 8.78. The van der Waals surface area contributed by atoms with E-state index in [4.69, 9.17) is 0 Å². The maximum Gasteiger partial charge on any atom is 0.0571 e. The zero-order valence-electron chi connectivity index (χ0n) is 23.9. The number of benzene rings is 6.